The van der Waals surface area contributed by atoms with Crippen molar-refractivity contribution in [2.24, 2.45) is 0 Å². The number of hydrogen-bond donors (Lipinski definition) is 0. The summed E-state index contributed by atoms with van der Waals surface area (Å²) in [5.74, 6) is 0.715. The van der Waals surface area contributed by atoms with Gasteiger partial charge in [0.1, 0.15) is 5.75 Å². The second-order valence-electron chi connectivity index (χ2n) is 5.29. The molecule has 2 rings (SSSR count). The van der Waals surface area contributed by atoms with Crippen LogP contribution in [0.2, 0.25) is 0 Å². The zero-order chi connectivity index (χ0) is 16.7. The maximum Gasteiger partial charge on any atom is 0.254 e. The summed E-state index contributed by atoms with van der Waals surface area (Å²) < 4.78 is 10.6. The predicted octanol–water partition coefficient (Wildman–Crippen LogP) is 2.77. The third kappa shape index (κ3) is 4.29. The average molecular weight is 314 g/mol. The Labute approximate surface area is 136 Å². The molecule has 1 heterocycles. The number of nitrogens with zero attached hydrogens (tertiary/aromatic N) is 2. The number of carbonyl (C=O) groups excluding carboxylic acids is 1. The van der Waals surface area contributed by atoms with Crippen LogP contribution in [0.1, 0.15) is 22.8 Å². The molecule has 1 aromatic carbocycles. The van der Waals surface area contributed by atoms with E-state index in [1.165, 1.54) is 0 Å². The zero-order valence-corrected chi connectivity index (χ0v) is 13.7. The molecule has 2 aromatic rings. The third-order valence-corrected chi connectivity index (χ3v) is 3.66. The molecule has 1 aromatic heterocycles. The van der Waals surface area contributed by atoms with Gasteiger partial charge in [-0.15, -0.1) is 0 Å². The van der Waals surface area contributed by atoms with Crippen LogP contribution in [0.3, 0.4) is 0 Å². The minimum Gasteiger partial charge on any atom is -0.496 e. The number of para-hydroxylation sites is 1. The summed E-state index contributed by atoms with van der Waals surface area (Å²) in [5, 5.41) is 0. The minimum atomic E-state index is -0.0643. The first kappa shape index (κ1) is 17.0. The van der Waals surface area contributed by atoms with E-state index >= 15 is 0 Å². The molecular formula is C18H22N2O3. The van der Waals surface area contributed by atoms with Gasteiger partial charge in [-0.2, -0.15) is 0 Å². The van der Waals surface area contributed by atoms with Gasteiger partial charge < -0.3 is 14.4 Å². The molecule has 0 spiro atoms. The summed E-state index contributed by atoms with van der Waals surface area (Å²) in [7, 11) is 3.27. The molecule has 0 N–H and O–H groups in total. The Morgan fingerprint density at radius 1 is 1.17 bits per heavy atom. The smallest absolute Gasteiger partial charge is 0.254 e. The minimum absolute atomic E-state index is 0.0529. The maximum absolute atomic E-state index is 12.9. The monoisotopic (exact) mass is 314 g/mol. The molecule has 0 radical (unpaired) electrons. The lowest BCUT2D eigenvalue weighted by molar-refractivity contribution is 0.0540. The molecule has 122 valence electrons. The number of rotatable bonds is 7. The molecule has 0 aliphatic rings. The van der Waals surface area contributed by atoms with Crippen molar-refractivity contribution in [3.8, 4) is 5.75 Å². The molecule has 1 atom stereocenters. The second-order valence-corrected chi connectivity index (χ2v) is 5.29. The lowest BCUT2D eigenvalue weighted by atomic mass is 10.1. The van der Waals surface area contributed by atoms with E-state index in [-0.39, 0.29) is 11.9 Å². The summed E-state index contributed by atoms with van der Waals surface area (Å²) in [6.07, 6.45) is 3.24. The van der Waals surface area contributed by atoms with Crippen LogP contribution in [0.4, 0.5) is 0 Å². The van der Waals surface area contributed by atoms with Crippen LogP contribution in [0.25, 0.3) is 0 Å². The van der Waals surface area contributed by atoms with E-state index < -0.39 is 0 Å². The van der Waals surface area contributed by atoms with Gasteiger partial charge in [-0.1, -0.05) is 18.2 Å². The molecule has 0 saturated carbocycles. The average Bonchev–Trinajstić information content (AvgIpc) is 2.60. The number of pyridine rings is 1. The summed E-state index contributed by atoms with van der Waals surface area (Å²) in [6, 6.07) is 11.1. The van der Waals surface area contributed by atoms with Gasteiger partial charge in [0.05, 0.1) is 26.3 Å². The number of amides is 1. The Hall–Kier alpha value is -2.40. The fourth-order valence-corrected chi connectivity index (χ4v) is 2.44. The van der Waals surface area contributed by atoms with Crippen molar-refractivity contribution < 1.29 is 14.3 Å². The first-order chi connectivity index (χ1) is 11.2. The van der Waals surface area contributed by atoms with Crippen LogP contribution >= 0.6 is 0 Å². The van der Waals surface area contributed by atoms with Crippen molar-refractivity contribution in [3.05, 3.63) is 59.9 Å². The first-order valence-corrected chi connectivity index (χ1v) is 7.49. The van der Waals surface area contributed by atoms with Crippen LogP contribution in [0.5, 0.6) is 5.75 Å². The molecule has 0 fully saturated rings. The molecule has 5 heteroatoms. The van der Waals surface area contributed by atoms with Gasteiger partial charge in [-0.05, 0) is 25.1 Å². The molecule has 0 bridgehead atoms. The van der Waals surface area contributed by atoms with Gasteiger partial charge in [0.15, 0.2) is 0 Å². The highest BCUT2D eigenvalue weighted by Crippen LogP contribution is 2.21. The maximum atomic E-state index is 12.9. The lowest BCUT2D eigenvalue weighted by Crippen LogP contribution is -2.40. The lowest BCUT2D eigenvalue weighted by Gasteiger charge is -2.29. The van der Waals surface area contributed by atoms with Crippen molar-refractivity contribution in [3.63, 3.8) is 0 Å². The number of carbonyl (C=O) groups is 1. The van der Waals surface area contributed by atoms with Crippen LogP contribution < -0.4 is 4.74 Å². The standard InChI is InChI=1S/C18H22N2O3/c1-14(13-22-2)20(18(21)15-8-10-19-11-9-15)12-16-6-4-5-7-17(16)23-3/h4-11,14H,12-13H2,1-3H3. The largest absolute Gasteiger partial charge is 0.496 e. The molecule has 1 unspecified atom stereocenters. The molecule has 23 heavy (non-hydrogen) atoms. The second kappa shape index (κ2) is 8.29. The Morgan fingerprint density at radius 2 is 1.87 bits per heavy atom. The summed E-state index contributed by atoms with van der Waals surface area (Å²) in [4.78, 5) is 18.6. The van der Waals surface area contributed by atoms with Crippen LogP contribution in [-0.4, -0.2) is 42.7 Å². The first-order valence-electron chi connectivity index (χ1n) is 7.49. The summed E-state index contributed by atoms with van der Waals surface area (Å²) >= 11 is 0. The molecule has 5 nitrogen and oxygen atoms in total. The number of methoxy groups -OCH3 is 2. The third-order valence-electron chi connectivity index (χ3n) is 3.66. The van der Waals surface area contributed by atoms with Gasteiger partial charge in [0.2, 0.25) is 0 Å². The van der Waals surface area contributed by atoms with Crippen LogP contribution in [0.15, 0.2) is 48.8 Å². The number of aromatic nitrogens is 1. The zero-order valence-electron chi connectivity index (χ0n) is 13.7. The summed E-state index contributed by atoms with van der Waals surface area (Å²) in [5.41, 5.74) is 1.57. The van der Waals surface area contributed by atoms with E-state index in [1.807, 2.05) is 31.2 Å². The van der Waals surface area contributed by atoms with E-state index in [0.29, 0.717) is 18.7 Å². The van der Waals surface area contributed by atoms with Crippen LogP contribution in [0, 0.1) is 0 Å². The van der Waals surface area contributed by atoms with E-state index in [1.54, 1.807) is 43.6 Å². The number of ether oxygens (including phenoxy) is 2. The van der Waals surface area contributed by atoms with E-state index in [0.717, 1.165) is 11.3 Å². The van der Waals surface area contributed by atoms with Gasteiger partial charge in [-0.25, -0.2) is 0 Å². The summed E-state index contributed by atoms with van der Waals surface area (Å²) in [6.45, 7) is 2.89. The van der Waals surface area contributed by atoms with Crippen molar-refractivity contribution in [1.82, 2.24) is 9.88 Å². The number of hydrogen-bond acceptors (Lipinski definition) is 4. The van der Waals surface area contributed by atoms with Crippen LogP contribution in [-0.2, 0) is 11.3 Å². The fraction of sp³-hybridized carbons (Fsp3) is 0.333. The SMILES string of the molecule is COCC(C)N(Cc1ccccc1OC)C(=O)c1ccncc1. The van der Waals surface area contributed by atoms with Gasteiger partial charge in [-0.3, -0.25) is 9.78 Å². The topological polar surface area (TPSA) is 51.7 Å². The number of benzene rings is 1. The van der Waals surface area contributed by atoms with Crippen molar-refractivity contribution in [2.45, 2.75) is 19.5 Å². The van der Waals surface area contributed by atoms with E-state index in [2.05, 4.69) is 4.98 Å². The fourth-order valence-electron chi connectivity index (χ4n) is 2.44. The van der Waals surface area contributed by atoms with Gasteiger partial charge >= 0.3 is 0 Å². The van der Waals surface area contributed by atoms with Crippen molar-refractivity contribution in [1.29, 1.82) is 0 Å². The molecule has 0 aliphatic carbocycles. The molecule has 0 aliphatic heterocycles. The normalized spacial score (nSPS) is 11.8. The van der Waals surface area contributed by atoms with Crippen molar-refractivity contribution in [2.75, 3.05) is 20.8 Å². The van der Waals surface area contributed by atoms with Crippen molar-refractivity contribution >= 4 is 5.91 Å². The Morgan fingerprint density at radius 3 is 2.52 bits per heavy atom. The predicted molar refractivity (Wildman–Crippen MR) is 88.4 cm³/mol. The van der Waals surface area contributed by atoms with E-state index in [9.17, 15) is 4.79 Å². The Bertz CT molecular complexity index is 631. The highest BCUT2D eigenvalue weighted by atomic mass is 16.5. The highest BCUT2D eigenvalue weighted by Gasteiger charge is 2.22. The quantitative estimate of drug-likeness (QED) is 0.788. The molecule has 1 amide bonds. The van der Waals surface area contributed by atoms with E-state index in [4.69, 9.17) is 9.47 Å². The molecular weight excluding hydrogens is 292 g/mol. The van der Waals surface area contributed by atoms with Gasteiger partial charge in [0, 0.05) is 30.6 Å². The molecule has 0 saturated heterocycles. The van der Waals surface area contributed by atoms with Gasteiger partial charge in [0.25, 0.3) is 5.91 Å². The highest BCUT2D eigenvalue weighted by molar-refractivity contribution is 5.94. The Kier molecular flexibility index (Phi) is 6.11. The Balaban J connectivity index is 2.29.